The molecule has 3 rings (SSSR count). The van der Waals surface area contributed by atoms with Gasteiger partial charge in [-0.25, -0.2) is 13.5 Å². The highest BCUT2D eigenvalue weighted by atomic mass is 19.1. The van der Waals surface area contributed by atoms with Crippen LogP contribution in [0.2, 0.25) is 0 Å². The van der Waals surface area contributed by atoms with Crippen LogP contribution in [0.25, 0.3) is 11.0 Å². The van der Waals surface area contributed by atoms with Gasteiger partial charge in [-0.2, -0.15) is 0 Å². The van der Waals surface area contributed by atoms with Crippen molar-refractivity contribution in [3.63, 3.8) is 0 Å². The first kappa shape index (κ1) is 16.5. The molecule has 0 aliphatic carbocycles. The fourth-order valence-electron chi connectivity index (χ4n) is 2.78. The van der Waals surface area contributed by atoms with Crippen molar-refractivity contribution in [3.05, 3.63) is 59.7 Å². The van der Waals surface area contributed by atoms with E-state index in [1.54, 1.807) is 12.1 Å². The van der Waals surface area contributed by atoms with E-state index in [2.05, 4.69) is 30.5 Å². The van der Waals surface area contributed by atoms with Crippen molar-refractivity contribution in [2.24, 2.45) is 7.05 Å². The largest absolute Gasteiger partial charge is 0.491 e. The zero-order chi connectivity index (χ0) is 17.3. The van der Waals surface area contributed by atoms with Gasteiger partial charge in [0.2, 0.25) is 6.33 Å². The first-order valence-corrected chi connectivity index (χ1v) is 7.96. The third kappa shape index (κ3) is 3.41. The van der Waals surface area contributed by atoms with Crippen LogP contribution in [0, 0.1) is 19.7 Å². The maximum atomic E-state index is 12.9. The van der Waals surface area contributed by atoms with Gasteiger partial charge in [-0.3, -0.25) is 0 Å². The summed E-state index contributed by atoms with van der Waals surface area (Å²) in [7, 11) is 2.00. The molecular weight excluding hydrogens is 307 g/mol. The molecule has 0 aliphatic heterocycles. The smallest absolute Gasteiger partial charge is 0.244 e. The standard InChI is InChI=1S/C19H22FN2O2/c1-13-8-18-19(9-14(13)2)22(12-21(18)3)10-16(23)11-24-17-6-4-15(20)5-7-17/h4-9,12,16,23H,10-11H2,1-3H3/q+1/t16-/m0/s1. The SMILES string of the molecule is Cc1cc2c(cc1C)[n+](C)cn2C[C@H](O)COc1ccc(F)cc1. The van der Waals surface area contributed by atoms with Crippen molar-refractivity contribution < 1.29 is 18.8 Å². The third-order valence-corrected chi connectivity index (χ3v) is 4.26. The molecule has 0 radical (unpaired) electrons. The molecule has 0 saturated carbocycles. The number of aryl methyl sites for hydroxylation is 3. The number of aromatic nitrogens is 2. The number of aliphatic hydroxyl groups excluding tert-OH is 1. The number of nitrogens with zero attached hydrogens (tertiary/aromatic N) is 2. The second-order valence-electron chi connectivity index (χ2n) is 6.22. The molecule has 0 aliphatic rings. The van der Waals surface area contributed by atoms with Crippen LogP contribution < -0.4 is 9.30 Å². The van der Waals surface area contributed by atoms with Crippen molar-refractivity contribution in [2.75, 3.05) is 6.61 Å². The molecule has 0 fully saturated rings. The molecule has 126 valence electrons. The van der Waals surface area contributed by atoms with Crippen LogP contribution in [-0.4, -0.2) is 22.4 Å². The Labute approximate surface area is 140 Å². The summed E-state index contributed by atoms with van der Waals surface area (Å²) in [5.41, 5.74) is 4.68. The van der Waals surface area contributed by atoms with Crippen LogP contribution in [-0.2, 0) is 13.6 Å². The van der Waals surface area contributed by atoms with Gasteiger partial charge < -0.3 is 9.84 Å². The van der Waals surface area contributed by atoms with E-state index >= 15 is 0 Å². The third-order valence-electron chi connectivity index (χ3n) is 4.26. The Kier molecular flexibility index (Phi) is 4.53. The summed E-state index contributed by atoms with van der Waals surface area (Å²) in [6, 6.07) is 10.1. The number of rotatable bonds is 5. The number of benzene rings is 2. The minimum Gasteiger partial charge on any atom is -0.491 e. The minimum absolute atomic E-state index is 0.153. The topological polar surface area (TPSA) is 38.3 Å². The average molecular weight is 329 g/mol. The zero-order valence-electron chi connectivity index (χ0n) is 14.2. The highest BCUT2D eigenvalue weighted by Gasteiger charge is 2.18. The second kappa shape index (κ2) is 6.61. The summed E-state index contributed by atoms with van der Waals surface area (Å²) in [6.07, 6.45) is 1.32. The number of hydrogen-bond donors (Lipinski definition) is 1. The lowest BCUT2D eigenvalue weighted by molar-refractivity contribution is -0.645. The quantitative estimate of drug-likeness (QED) is 0.731. The molecule has 1 heterocycles. The predicted octanol–water partition coefficient (Wildman–Crippen LogP) is 2.66. The van der Waals surface area contributed by atoms with E-state index < -0.39 is 6.10 Å². The zero-order valence-corrected chi connectivity index (χ0v) is 14.2. The normalized spacial score (nSPS) is 12.5. The summed E-state index contributed by atoms with van der Waals surface area (Å²) in [6.45, 7) is 4.76. The van der Waals surface area contributed by atoms with Crippen LogP contribution in [0.3, 0.4) is 0 Å². The van der Waals surface area contributed by atoms with Gasteiger partial charge in [0.1, 0.15) is 30.8 Å². The molecular formula is C19H22FN2O2+. The molecule has 2 aromatic carbocycles. The van der Waals surface area contributed by atoms with Gasteiger partial charge in [0.15, 0.2) is 11.0 Å². The van der Waals surface area contributed by atoms with E-state index in [0.717, 1.165) is 11.0 Å². The molecule has 4 nitrogen and oxygen atoms in total. The summed E-state index contributed by atoms with van der Waals surface area (Å²) in [4.78, 5) is 0. The fraction of sp³-hybridized carbons (Fsp3) is 0.316. The van der Waals surface area contributed by atoms with Gasteiger partial charge >= 0.3 is 0 Å². The number of halogens is 1. The lowest BCUT2D eigenvalue weighted by atomic mass is 10.1. The van der Waals surface area contributed by atoms with Gasteiger partial charge in [-0.15, -0.1) is 0 Å². The van der Waals surface area contributed by atoms with Crippen molar-refractivity contribution in [1.29, 1.82) is 0 Å². The van der Waals surface area contributed by atoms with Gasteiger partial charge in [-0.1, -0.05) is 0 Å². The van der Waals surface area contributed by atoms with Gasteiger partial charge in [-0.05, 0) is 61.4 Å². The number of hydrogen-bond acceptors (Lipinski definition) is 2. The number of fused-ring (bicyclic) bond motifs is 1. The Morgan fingerprint density at radius 3 is 2.54 bits per heavy atom. The molecule has 1 atom stereocenters. The summed E-state index contributed by atoms with van der Waals surface area (Å²) < 4.78 is 22.5. The number of ether oxygens (including phenoxy) is 1. The highest BCUT2D eigenvalue weighted by Crippen LogP contribution is 2.18. The van der Waals surface area contributed by atoms with E-state index in [9.17, 15) is 9.50 Å². The van der Waals surface area contributed by atoms with Crippen molar-refractivity contribution >= 4 is 11.0 Å². The molecule has 24 heavy (non-hydrogen) atoms. The molecule has 0 spiro atoms. The first-order chi connectivity index (χ1) is 11.4. The molecule has 0 bridgehead atoms. The predicted molar refractivity (Wildman–Crippen MR) is 90.5 cm³/mol. The van der Waals surface area contributed by atoms with Crippen LogP contribution in [0.1, 0.15) is 11.1 Å². The Morgan fingerprint density at radius 1 is 1.17 bits per heavy atom. The average Bonchev–Trinajstić information content (AvgIpc) is 2.83. The Morgan fingerprint density at radius 2 is 1.83 bits per heavy atom. The number of imidazole rings is 1. The van der Waals surface area contributed by atoms with Crippen LogP contribution >= 0.6 is 0 Å². The Balaban J connectivity index is 1.72. The van der Waals surface area contributed by atoms with Gasteiger partial charge in [0.25, 0.3) is 0 Å². The fourth-order valence-corrected chi connectivity index (χ4v) is 2.78. The van der Waals surface area contributed by atoms with E-state index in [-0.39, 0.29) is 12.4 Å². The Bertz CT molecular complexity index is 856. The maximum Gasteiger partial charge on any atom is 0.244 e. The molecule has 0 saturated heterocycles. The monoisotopic (exact) mass is 329 g/mol. The van der Waals surface area contributed by atoms with E-state index in [1.807, 2.05) is 17.9 Å². The molecule has 1 N–H and O–H groups in total. The van der Waals surface area contributed by atoms with Crippen LogP contribution in [0.4, 0.5) is 4.39 Å². The van der Waals surface area contributed by atoms with Crippen molar-refractivity contribution in [2.45, 2.75) is 26.5 Å². The molecule has 3 aromatic rings. The minimum atomic E-state index is -0.660. The summed E-state index contributed by atoms with van der Waals surface area (Å²) in [5.74, 6) is 0.240. The van der Waals surface area contributed by atoms with Crippen LogP contribution in [0.15, 0.2) is 42.7 Å². The van der Waals surface area contributed by atoms with E-state index in [4.69, 9.17) is 4.74 Å². The molecule has 1 aromatic heterocycles. The van der Waals surface area contributed by atoms with Gasteiger partial charge in [0, 0.05) is 0 Å². The lowest BCUT2D eigenvalue weighted by Gasteiger charge is -2.11. The van der Waals surface area contributed by atoms with Crippen molar-refractivity contribution in [1.82, 2.24) is 4.57 Å². The molecule has 5 heteroatoms. The van der Waals surface area contributed by atoms with E-state index in [0.29, 0.717) is 12.3 Å². The summed E-state index contributed by atoms with van der Waals surface area (Å²) in [5, 5.41) is 10.3. The maximum absolute atomic E-state index is 12.9. The van der Waals surface area contributed by atoms with Crippen LogP contribution in [0.5, 0.6) is 5.75 Å². The Hall–Kier alpha value is -2.40. The highest BCUT2D eigenvalue weighted by molar-refractivity contribution is 5.74. The summed E-state index contributed by atoms with van der Waals surface area (Å²) >= 11 is 0. The van der Waals surface area contributed by atoms with Crippen molar-refractivity contribution in [3.8, 4) is 5.75 Å². The molecule has 0 unspecified atom stereocenters. The van der Waals surface area contributed by atoms with E-state index in [1.165, 1.54) is 23.3 Å². The second-order valence-corrected chi connectivity index (χ2v) is 6.22. The number of aliphatic hydroxyl groups is 1. The molecule has 0 amide bonds. The lowest BCUT2D eigenvalue weighted by Crippen LogP contribution is -2.27. The van der Waals surface area contributed by atoms with Gasteiger partial charge in [0.05, 0.1) is 7.05 Å². The first-order valence-electron chi connectivity index (χ1n) is 7.96.